The summed E-state index contributed by atoms with van der Waals surface area (Å²) in [6.45, 7) is 1.24. The van der Waals surface area contributed by atoms with E-state index in [0.717, 1.165) is 12.0 Å². The average molecular weight is 486 g/mol. The third-order valence-corrected chi connectivity index (χ3v) is 8.06. The highest BCUT2D eigenvalue weighted by atomic mass is 32.2. The Hall–Kier alpha value is -2.95. The molecule has 0 unspecified atom stereocenters. The quantitative estimate of drug-likeness (QED) is 0.533. The van der Waals surface area contributed by atoms with Gasteiger partial charge in [-0.2, -0.15) is 5.10 Å². The fourth-order valence-electron chi connectivity index (χ4n) is 4.71. The van der Waals surface area contributed by atoms with Gasteiger partial charge in [-0.05, 0) is 25.1 Å². The molecule has 0 aliphatic carbocycles. The summed E-state index contributed by atoms with van der Waals surface area (Å²) >= 11 is 0. The first-order chi connectivity index (χ1) is 16.3. The van der Waals surface area contributed by atoms with Gasteiger partial charge in [0.25, 0.3) is 0 Å². The number of nitrogens with zero attached hydrogens (tertiary/aromatic N) is 3. The summed E-state index contributed by atoms with van der Waals surface area (Å²) < 4.78 is 50.1. The fourth-order valence-corrected chi connectivity index (χ4v) is 5.91. The molecule has 1 saturated heterocycles. The Bertz CT molecular complexity index is 1280. The van der Waals surface area contributed by atoms with Crippen LogP contribution in [0.3, 0.4) is 0 Å². The van der Waals surface area contributed by atoms with E-state index in [2.05, 4.69) is 27.3 Å². The van der Waals surface area contributed by atoms with Crippen molar-refractivity contribution in [2.75, 3.05) is 31.6 Å². The van der Waals surface area contributed by atoms with Gasteiger partial charge in [0.1, 0.15) is 23.1 Å². The number of benzene rings is 2. The maximum Gasteiger partial charge on any atom is 0.244 e. The molecular formula is C24H28FN5O3S. The van der Waals surface area contributed by atoms with E-state index in [-0.39, 0.29) is 28.7 Å². The lowest BCUT2D eigenvalue weighted by Gasteiger charge is -2.42. The Morgan fingerprint density at radius 2 is 1.97 bits per heavy atom. The van der Waals surface area contributed by atoms with Gasteiger partial charge in [-0.15, -0.1) is 0 Å². The minimum absolute atomic E-state index is 0.0986. The van der Waals surface area contributed by atoms with E-state index in [4.69, 9.17) is 4.74 Å². The predicted molar refractivity (Wildman–Crippen MR) is 127 cm³/mol. The SMILES string of the molecule is CN[C@H]1COc2cc(F)c(N3CC(NS(=O)(=O)c4cnn(C)c4)C3)cc2[C@@H]1Cc1ccccc1. The first kappa shape index (κ1) is 22.8. The van der Waals surface area contributed by atoms with E-state index < -0.39 is 10.0 Å². The Labute approximate surface area is 198 Å². The zero-order chi connectivity index (χ0) is 23.9. The summed E-state index contributed by atoms with van der Waals surface area (Å²) in [5, 5.41) is 7.26. The third-order valence-electron chi connectivity index (χ3n) is 6.59. The van der Waals surface area contributed by atoms with Crippen LogP contribution in [0.15, 0.2) is 59.8 Å². The number of likely N-dealkylation sites (N-methyl/N-ethyl adjacent to an activating group) is 1. The lowest BCUT2D eigenvalue weighted by molar-refractivity contribution is 0.218. The van der Waals surface area contributed by atoms with Crippen LogP contribution in [0.5, 0.6) is 5.75 Å². The summed E-state index contributed by atoms with van der Waals surface area (Å²) in [6, 6.07) is 13.4. The number of aryl methyl sites for hydroxylation is 1. The first-order valence-corrected chi connectivity index (χ1v) is 12.8. The molecule has 0 radical (unpaired) electrons. The van der Waals surface area contributed by atoms with Crippen molar-refractivity contribution in [2.45, 2.75) is 29.3 Å². The monoisotopic (exact) mass is 485 g/mol. The van der Waals surface area contributed by atoms with Crippen LogP contribution in [0.1, 0.15) is 17.0 Å². The van der Waals surface area contributed by atoms with Gasteiger partial charge in [0.15, 0.2) is 0 Å². The van der Waals surface area contributed by atoms with Gasteiger partial charge in [0.05, 0.1) is 17.9 Å². The van der Waals surface area contributed by atoms with Crippen LogP contribution < -0.4 is 19.7 Å². The molecule has 2 aromatic carbocycles. The molecule has 1 fully saturated rings. The van der Waals surface area contributed by atoms with E-state index in [9.17, 15) is 8.42 Å². The molecule has 2 N–H and O–H groups in total. The molecule has 2 atom stereocenters. The molecule has 0 saturated carbocycles. The predicted octanol–water partition coefficient (Wildman–Crippen LogP) is 2.03. The van der Waals surface area contributed by atoms with Crippen molar-refractivity contribution >= 4 is 15.7 Å². The number of aromatic nitrogens is 2. The van der Waals surface area contributed by atoms with Crippen LogP contribution in [0.4, 0.5) is 10.1 Å². The molecule has 5 rings (SSSR count). The molecule has 34 heavy (non-hydrogen) atoms. The summed E-state index contributed by atoms with van der Waals surface area (Å²) in [5.74, 6) is 0.327. The van der Waals surface area contributed by atoms with Crippen LogP contribution in [-0.4, -0.2) is 57.0 Å². The maximum atomic E-state index is 15.0. The molecule has 180 valence electrons. The average Bonchev–Trinajstić information content (AvgIpc) is 3.24. The summed E-state index contributed by atoms with van der Waals surface area (Å²) in [6.07, 6.45) is 3.57. The Morgan fingerprint density at radius 1 is 1.21 bits per heavy atom. The lowest BCUT2D eigenvalue weighted by Crippen LogP contribution is -2.59. The summed E-state index contributed by atoms with van der Waals surface area (Å²) in [5.41, 5.74) is 2.64. The summed E-state index contributed by atoms with van der Waals surface area (Å²) in [4.78, 5) is 1.97. The van der Waals surface area contributed by atoms with E-state index >= 15 is 4.39 Å². The molecule has 2 aliphatic rings. The normalized spacial score (nSPS) is 20.5. The molecule has 8 nitrogen and oxygen atoms in total. The number of halogens is 1. The highest BCUT2D eigenvalue weighted by Gasteiger charge is 2.36. The van der Waals surface area contributed by atoms with E-state index in [1.54, 1.807) is 7.05 Å². The molecule has 3 heterocycles. The largest absolute Gasteiger partial charge is 0.492 e. The van der Waals surface area contributed by atoms with Gasteiger partial charge in [-0.3, -0.25) is 4.68 Å². The zero-order valence-electron chi connectivity index (χ0n) is 19.1. The van der Waals surface area contributed by atoms with Crippen LogP contribution in [0, 0.1) is 5.82 Å². The van der Waals surface area contributed by atoms with Crippen molar-refractivity contribution in [1.82, 2.24) is 19.8 Å². The Morgan fingerprint density at radius 3 is 2.65 bits per heavy atom. The number of hydrogen-bond acceptors (Lipinski definition) is 6. The number of hydrogen-bond donors (Lipinski definition) is 2. The Balaban J connectivity index is 1.34. The summed E-state index contributed by atoms with van der Waals surface area (Å²) in [7, 11) is -0.0901. The van der Waals surface area contributed by atoms with Gasteiger partial charge >= 0.3 is 0 Å². The fraction of sp³-hybridized carbons (Fsp3) is 0.375. The minimum Gasteiger partial charge on any atom is -0.492 e. The van der Waals surface area contributed by atoms with Crippen molar-refractivity contribution in [1.29, 1.82) is 0 Å². The van der Waals surface area contributed by atoms with Gasteiger partial charge in [-0.1, -0.05) is 30.3 Å². The van der Waals surface area contributed by atoms with E-state index in [0.29, 0.717) is 31.1 Å². The number of sulfonamides is 1. The molecule has 3 aromatic rings. The van der Waals surface area contributed by atoms with Crippen LogP contribution >= 0.6 is 0 Å². The number of rotatable bonds is 7. The topological polar surface area (TPSA) is 88.5 Å². The molecule has 0 bridgehead atoms. The smallest absolute Gasteiger partial charge is 0.244 e. The molecule has 2 aliphatic heterocycles. The van der Waals surface area contributed by atoms with E-state index in [1.165, 1.54) is 28.7 Å². The van der Waals surface area contributed by atoms with Crippen molar-refractivity contribution in [3.05, 3.63) is 71.8 Å². The highest BCUT2D eigenvalue weighted by Crippen LogP contribution is 2.40. The van der Waals surface area contributed by atoms with Gasteiger partial charge < -0.3 is 15.0 Å². The zero-order valence-corrected chi connectivity index (χ0v) is 19.9. The molecule has 10 heteroatoms. The maximum absolute atomic E-state index is 15.0. The van der Waals surface area contributed by atoms with Crippen molar-refractivity contribution in [3.63, 3.8) is 0 Å². The van der Waals surface area contributed by atoms with E-state index in [1.807, 2.05) is 36.2 Å². The van der Waals surface area contributed by atoms with Crippen LogP contribution in [-0.2, 0) is 23.5 Å². The van der Waals surface area contributed by atoms with Gasteiger partial charge in [-0.25, -0.2) is 17.5 Å². The van der Waals surface area contributed by atoms with Crippen LogP contribution in [0.2, 0.25) is 0 Å². The number of nitrogens with one attached hydrogen (secondary N) is 2. The highest BCUT2D eigenvalue weighted by molar-refractivity contribution is 7.89. The molecule has 0 spiro atoms. The molecule has 1 aromatic heterocycles. The number of fused-ring (bicyclic) bond motifs is 1. The molecule has 0 amide bonds. The second kappa shape index (κ2) is 9.01. The second-order valence-corrected chi connectivity index (χ2v) is 10.6. The van der Waals surface area contributed by atoms with Crippen molar-refractivity contribution in [3.8, 4) is 5.75 Å². The second-order valence-electron chi connectivity index (χ2n) is 8.92. The molecular weight excluding hydrogens is 457 g/mol. The minimum atomic E-state index is -3.67. The van der Waals surface area contributed by atoms with Gasteiger partial charge in [0.2, 0.25) is 10.0 Å². The van der Waals surface area contributed by atoms with Gasteiger partial charge in [0, 0.05) is 49.9 Å². The van der Waals surface area contributed by atoms with Crippen molar-refractivity contribution < 1.29 is 17.5 Å². The lowest BCUT2D eigenvalue weighted by atomic mass is 9.83. The third kappa shape index (κ3) is 4.40. The standard InChI is InChI=1S/C24H28FN5O3S/c1-26-22-15-33-24-10-21(25)23(9-20(24)19(22)8-16-6-4-3-5-7-16)30-12-17(13-30)28-34(31,32)18-11-27-29(2)14-18/h3-7,9-11,14,17,19,22,26,28H,8,12-13,15H2,1-2H3/t19-,22-/m0/s1. The van der Waals surface area contributed by atoms with Crippen molar-refractivity contribution in [2.24, 2.45) is 7.05 Å². The number of anilines is 1. The van der Waals surface area contributed by atoms with Crippen LogP contribution in [0.25, 0.3) is 0 Å². The first-order valence-electron chi connectivity index (χ1n) is 11.3. The number of ether oxygens (including phenoxy) is 1. The Kier molecular flexibility index (Phi) is 6.05.